The van der Waals surface area contributed by atoms with Gasteiger partial charge < -0.3 is 20.4 Å². The van der Waals surface area contributed by atoms with Crippen molar-refractivity contribution >= 4 is 0 Å². The highest BCUT2D eigenvalue weighted by molar-refractivity contribution is 5.27. The van der Waals surface area contributed by atoms with Crippen molar-refractivity contribution in [2.45, 2.75) is 116 Å². The second-order valence-electron chi connectivity index (χ2n) is 12.7. The zero-order valence-corrected chi connectivity index (χ0v) is 20.3. The first-order chi connectivity index (χ1) is 14.4. The summed E-state index contributed by atoms with van der Waals surface area (Å²) in [7, 11) is 0. The zero-order valence-electron chi connectivity index (χ0n) is 20.3. The molecule has 2 unspecified atom stereocenters. The molecule has 0 amide bonds. The molecule has 0 radical (unpaired) electrons. The smallest absolute Gasteiger partial charge is 0.0849 e. The average molecular weight is 435 g/mol. The van der Waals surface area contributed by atoms with E-state index in [0.717, 1.165) is 19.3 Å². The quantitative estimate of drug-likeness (QED) is 0.482. The summed E-state index contributed by atoms with van der Waals surface area (Å²) < 4.78 is 0. The van der Waals surface area contributed by atoms with Crippen LogP contribution in [0.3, 0.4) is 0 Å². The predicted octanol–water partition coefficient (Wildman–Crippen LogP) is 4.45. The highest BCUT2D eigenvalue weighted by Crippen LogP contribution is 2.67. The van der Waals surface area contributed by atoms with E-state index >= 15 is 0 Å². The average Bonchev–Trinajstić information content (AvgIpc) is 3.03. The molecule has 178 valence electrons. The number of aliphatic hydroxyl groups is 4. The van der Waals surface area contributed by atoms with E-state index in [0.29, 0.717) is 47.8 Å². The van der Waals surface area contributed by atoms with Gasteiger partial charge in [0.1, 0.15) is 0 Å². The first-order valence-electron chi connectivity index (χ1n) is 12.8. The maximum atomic E-state index is 11.1. The minimum atomic E-state index is -1.03. The van der Waals surface area contributed by atoms with Gasteiger partial charge in [-0.25, -0.2) is 0 Å². The zero-order chi connectivity index (χ0) is 22.8. The van der Waals surface area contributed by atoms with Gasteiger partial charge in [-0.3, -0.25) is 0 Å². The second kappa shape index (κ2) is 8.11. The molecule has 3 saturated carbocycles. The summed E-state index contributed by atoms with van der Waals surface area (Å²) in [6.45, 7) is 10.5. The summed E-state index contributed by atoms with van der Waals surface area (Å²) in [5, 5.41) is 41.7. The SMILES string of the molecule is C[C@H](CCC(O)C(C)(C)O)[C@H]1CC[C@H]2[C@@H]3CC=C4C[C@@H](O)CC(O)[C@]4(C)[C@H]3CC[C@]12C. The molecule has 10 atom stereocenters. The van der Waals surface area contributed by atoms with Gasteiger partial charge in [-0.05, 0) is 100 Å². The molecule has 0 aromatic heterocycles. The topological polar surface area (TPSA) is 80.9 Å². The lowest BCUT2D eigenvalue weighted by molar-refractivity contribution is -0.108. The summed E-state index contributed by atoms with van der Waals surface area (Å²) in [6.07, 6.45) is 9.81. The Morgan fingerprint density at radius 3 is 2.48 bits per heavy atom. The lowest BCUT2D eigenvalue weighted by Gasteiger charge is -2.59. The highest BCUT2D eigenvalue weighted by atomic mass is 16.3. The molecule has 4 nitrogen and oxygen atoms in total. The van der Waals surface area contributed by atoms with Gasteiger partial charge in [-0.15, -0.1) is 0 Å². The molecule has 0 bridgehead atoms. The summed E-state index contributed by atoms with van der Waals surface area (Å²) in [5.41, 5.74) is 0.452. The van der Waals surface area contributed by atoms with Crippen molar-refractivity contribution in [3.05, 3.63) is 11.6 Å². The molecule has 4 aliphatic carbocycles. The first-order valence-corrected chi connectivity index (χ1v) is 12.8. The van der Waals surface area contributed by atoms with Crippen LogP contribution in [0.25, 0.3) is 0 Å². The lowest BCUT2D eigenvalue weighted by Crippen LogP contribution is -2.55. The summed E-state index contributed by atoms with van der Waals surface area (Å²) >= 11 is 0. The van der Waals surface area contributed by atoms with Crippen molar-refractivity contribution in [1.82, 2.24) is 0 Å². The monoisotopic (exact) mass is 434 g/mol. The number of aliphatic hydroxyl groups excluding tert-OH is 3. The number of rotatable bonds is 5. The van der Waals surface area contributed by atoms with Crippen LogP contribution in [0.5, 0.6) is 0 Å². The van der Waals surface area contributed by atoms with Crippen LogP contribution in [0.4, 0.5) is 0 Å². The maximum Gasteiger partial charge on any atom is 0.0849 e. The van der Waals surface area contributed by atoms with Gasteiger partial charge in [0.05, 0.1) is 23.9 Å². The van der Waals surface area contributed by atoms with E-state index in [1.165, 1.54) is 31.3 Å². The maximum absolute atomic E-state index is 11.1. The Morgan fingerprint density at radius 2 is 1.81 bits per heavy atom. The van der Waals surface area contributed by atoms with Crippen molar-refractivity contribution in [1.29, 1.82) is 0 Å². The molecular formula is C27H46O4. The molecule has 0 aliphatic heterocycles. The van der Waals surface area contributed by atoms with Crippen molar-refractivity contribution in [3.63, 3.8) is 0 Å². The predicted molar refractivity (Wildman–Crippen MR) is 123 cm³/mol. The largest absolute Gasteiger partial charge is 0.393 e. The molecule has 4 rings (SSSR count). The summed E-state index contributed by atoms with van der Waals surface area (Å²) in [4.78, 5) is 0. The fraction of sp³-hybridized carbons (Fsp3) is 0.926. The van der Waals surface area contributed by atoms with Gasteiger partial charge in [-0.1, -0.05) is 32.4 Å². The Balaban J connectivity index is 1.50. The molecule has 3 fully saturated rings. The van der Waals surface area contributed by atoms with Crippen LogP contribution in [0.2, 0.25) is 0 Å². The number of allylic oxidation sites excluding steroid dienone is 1. The summed E-state index contributed by atoms with van der Waals surface area (Å²) in [6, 6.07) is 0. The molecule has 0 aromatic carbocycles. The molecular weight excluding hydrogens is 388 g/mol. The van der Waals surface area contributed by atoms with Crippen molar-refractivity contribution in [3.8, 4) is 0 Å². The van der Waals surface area contributed by atoms with Crippen LogP contribution in [0, 0.1) is 40.4 Å². The Morgan fingerprint density at radius 1 is 1.10 bits per heavy atom. The normalized spacial score (nSPS) is 47.1. The number of hydrogen-bond donors (Lipinski definition) is 4. The Labute approximate surface area is 189 Å². The van der Waals surface area contributed by atoms with Gasteiger partial charge in [-0.2, -0.15) is 0 Å². The standard InChI is InChI=1S/C27H46O4/c1-16(6-11-23(29)25(2,3)31)20-9-10-21-19-8-7-17-14-18(28)15-24(30)27(17,5)22(19)12-13-26(20,21)4/h7,16,18-24,28-31H,6,8-15H2,1-5H3/t16-,18-,19+,20-,21+,22+,23?,24?,26-,27+/m1/s1. The fourth-order valence-electron chi connectivity index (χ4n) is 8.65. The van der Waals surface area contributed by atoms with E-state index in [2.05, 4.69) is 26.8 Å². The Kier molecular flexibility index (Phi) is 6.21. The third kappa shape index (κ3) is 3.84. The van der Waals surface area contributed by atoms with E-state index in [1.54, 1.807) is 13.8 Å². The van der Waals surface area contributed by atoms with Crippen LogP contribution >= 0.6 is 0 Å². The van der Waals surface area contributed by atoms with E-state index < -0.39 is 23.9 Å². The van der Waals surface area contributed by atoms with E-state index in [1.807, 2.05) is 0 Å². The Bertz CT molecular complexity index is 696. The Hall–Kier alpha value is -0.420. The van der Waals surface area contributed by atoms with Crippen molar-refractivity contribution in [2.75, 3.05) is 0 Å². The van der Waals surface area contributed by atoms with Gasteiger partial charge >= 0.3 is 0 Å². The molecule has 0 heterocycles. The minimum Gasteiger partial charge on any atom is -0.393 e. The van der Waals surface area contributed by atoms with Gasteiger partial charge in [0.25, 0.3) is 0 Å². The second-order valence-corrected chi connectivity index (χ2v) is 12.7. The third-order valence-electron chi connectivity index (χ3n) is 10.6. The van der Waals surface area contributed by atoms with Gasteiger partial charge in [0.2, 0.25) is 0 Å². The van der Waals surface area contributed by atoms with Crippen LogP contribution < -0.4 is 0 Å². The van der Waals surface area contributed by atoms with Crippen LogP contribution in [0.1, 0.15) is 92.4 Å². The van der Waals surface area contributed by atoms with Crippen molar-refractivity contribution < 1.29 is 20.4 Å². The van der Waals surface area contributed by atoms with Crippen LogP contribution in [-0.2, 0) is 0 Å². The first kappa shape index (κ1) is 23.7. The lowest BCUT2D eigenvalue weighted by atomic mass is 9.46. The molecule has 4 N–H and O–H groups in total. The highest BCUT2D eigenvalue weighted by Gasteiger charge is 2.60. The minimum absolute atomic E-state index is 0.163. The van der Waals surface area contributed by atoms with E-state index in [9.17, 15) is 20.4 Å². The van der Waals surface area contributed by atoms with E-state index in [4.69, 9.17) is 0 Å². The number of hydrogen-bond acceptors (Lipinski definition) is 4. The fourth-order valence-corrected chi connectivity index (χ4v) is 8.65. The third-order valence-corrected chi connectivity index (χ3v) is 10.6. The molecule has 31 heavy (non-hydrogen) atoms. The molecule has 4 aliphatic rings. The van der Waals surface area contributed by atoms with Crippen LogP contribution in [-0.4, -0.2) is 44.3 Å². The van der Waals surface area contributed by atoms with Gasteiger partial charge in [0, 0.05) is 11.8 Å². The molecule has 0 aromatic rings. The number of fused-ring (bicyclic) bond motifs is 5. The molecule has 4 heteroatoms. The summed E-state index contributed by atoms with van der Waals surface area (Å²) in [5.74, 6) is 3.08. The van der Waals surface area contributed by atoms with Crippen molar-refractivity contribution in [2.24, 2.45) is 40.4 Å². The molecule has 0 saturated heterocycles. The molecule has 0 spiro atoms. The van der Waals surface area contributed by atoms with E-state index in [-0.39, 0.29) is 5.41 Å². The van der Waals surface area contributed by atoms with Crippen LogP contribution in [0.15, 0.2) is 11.6 Å². The van der Waals surface area contributed by atoms with Gasteiger partial charge in [0.15, 0.2) is 0 Å².